The van der Waals surface area contributed by atoms with Crippen LogP contribution in [0.2, 0.25) is 0 Å². The summed E-state index contributed by atoms with van der Waals surface area (Å²) < 4.78 is 6.73. The van der Waals surface area contributed by atoms with Crippen LogP contribution in [0.15, 0.2) is 54.6 Å². The number of carboxylic acids is 1. The average molecular weight is 383 g/mol. The molecule has 1 atom stereocenters. The Morgan fingerprint density at radius 3 is 2.63 bits per heavy atom. The third-order valence-electron chi connectivity index (χ3n) is 4.27. The molecular formula is C21H21NO4S. The molecule has 0 aliphatic carbocycles. The van der Waals surface area contributed by atoms with Crippen LogP contribution in [-0.4, -0.2) is 29.6 Å². The fraction of sp³-hybridized carbons (Fsp3) is 0.238. The Bertz CT molecular complexity index is 917. The first-order valence-electron chi connectivity index (χ1n) is 8.81. The fourth-order valence-corrected chi connectivity index (χ4v) is 3.77. The molecular weight excluding hydrogens is 362 g/mol. The van der Waals surface area contributed by atoms with Crippen molar-refractivity contribution in [3.63, 3.8) is 0 Å². The summed E-state index contributed by atoms with van der Waals surface area (Å²) in [7, 11) is 0. The topological polar surface area (TPSA) is 75.6 Å². The molecule has 0 spiro atoms. The lowest BCUT2D eigenvalue weighted by molar-refractivity contribution is -0.139. The quantitative estimate of drug-likeness (QED) is 0.614. The minimum absolute atomic E-state index is 0.185. The van der Waals surface area contributed by atoms with E-state index in [1.165, 1.54) is 11.3 Å². The zero-order valence-electron chi connectivity index (χ0n) is 15.0. The van der Waals surface area contributed by atoms with E-state index in [0.29, 0.717) is 4.88 Å². The van der Waals surface area contributed by atoms with Crippen LogP contribution in [0.1, 0.15) is 28.6 Å². The summed E-state index contributed by atoms with van der Waals surface area (Å²) in [5.74, 6) is -0.700. The Morgan fingerprint density at radius 2 is 1.89 bits per heavy atom. The summed E-state index contributed by atoms with van der Waals surface area (Å²) >= 11 is 1.35. The highest BCUT2D eigenvalue weighted by Gasteiger charge is 2.22. The van der Waals surface area contributed by atoms with Crippen molar-refractivity contribution >= 4 is 33.3 Å². The van der Waals surface area contributed by atoms with Gasteiger partial charge in [0, 0.05) is 11.1 Å². The number of carboxylic acid groups (broad SMARTS) is 1. The van der Waals surface area contributed by atoms with Crippen molar-refractivity contribution in [2.75, 3.05) is 6.61 Å². The third-order valence-corrected chi connectivity index (χ3v) is 5.39. The first kappa shape index (κ1) is 18.9. The first-order chi connectivity index (χ1) is 13.1. The zero-order valence-corrected chi connectivity index (χ0v) is 15.8. The molecule has 1 heterocycles. The smallest absolute Gasteiger partial charge is 0.326 e. The second-order valence-electron chi connectivity index (χ2n) is 6.11. The van der Waals surface area contributed by atoms with Crippen molar-refractivity contribution in [3.05, 3.63) is 65.0 Å². The van der Waals surface area contributed by atoms with Gasteiger partial charge in [0.15, 0.2) is 0 Å². The number of thiophene rings is 1. The van der Waals surface area contributed by atoms with E-state index in [2.05, 4.69) is 5.32 Å². The summed E-state index contributed by atoms with van der Waals surface area (Å²) in [5.41, 5.74) is 1.07. The molecule has 1 amide bonds. The number of carbonyl (C=O) groups excluding carboxylic acids is 1. The van der Waals surface area contributed by atoms with Gasteiger partial charge in [0.2, 0.25) is 0 Å². The van der Waals surface area contributed by atoms with Gasteiger partial charge in [-0.25, -0.2) is 4.79 Å². The van der Waals surface area contributed by atoms with E-state index in [0.717, 1.165) is 27.8 Å². The number of amides is 1. The molecule has 0 aliphatic rings. The minimum Gasteiger partial charge on any atom is -0.493 e. The van der Waals surface area contributed by atoms with E-state index in [1.807, 2.05) is 55.5 Å². The lowest BCUT2D eigenvalue weighted by atomic mass is 10.1. The van der Waals surface area contributed by atoms with Crippen LogP contribution in [0, 0.1) is 0 Å². The number of benzene rings is 2. The van der Waals surface area contributed by atoms with Crippen molar-refractivity contribution in [1.29, 1.82) is 0 Å². The van der Waals surface area contributed by atoms with Crippen molar-refractivity contribution < 1.29 is 19.4 Å². The summed E-state index contributed by atoms with van der Waals surface area (Å²) in [5, 5.41) is 13.0. The number of nitrogens with one attached hydrogen (secondary N) is 1. The maximum Gasteiger partial charge on any atom is 0.326 e. The maximum atomic E-state index is 12.5. The maximum absolute atomic E-state index is 12.5. The predicted octanol–water partition coefficient (Wildman–Crippen LogP) is 4.12. The highest BCUT2D eigenvalue weighted by Crippen LogP contribution is 2.25. The average Bonchev–Trinajstić information content (AvgIpc) is 3.11. The van der Waals surface area contributed by atoms with Crippen LogP contribution >= 0.6 is 11.3 Å². The number of carbonyl (C=O) groups is 2. The molecule has 3 rings (SSSR count). The molecule has 2 N–H and O–H groups in total. The molecule has 0 saturated heterocycles. The van der Waals surface area contributed by atoms with E-state index in [4.69, 9.17) is 4.74 Å². The number of aliphatic carboxylic acids is 1. The van der Waals surface area contributed by atoms with Crippen LogP contribution in [-0.2, 0) is 11.2 Å². The highest BCUT2D eigenvalue weighted by molar-refractivity contribution is 7.20. The van der Waals surface area contributed by atoms with Gasteiger partial charge in [-0.05, 0) is 35.6 Å². The highest BCUT2D eigenvalue weighted by atomic mass is 32.1. The van der Waals surface area contributed by atoms with Gasteiger partial charge in [0.05, 0.1) is 11.5 Å². The summed E-state index contributed by atoms with van der Waals surface area (Å²) in [6.45, 7) is 2.24. The van der Waals surface area contributed by atoms with Gasteiger partial charge in [-0.1, -0.05) is 43.3 Å². The number of aryl methyl sites for hydroxylation is 1. The van der Waals surface area contributed by atoms with Crippen molar-refractivity contribution in [3.8, 4) is 5.75 Å². The number of hydrogen-bond acceptors (Lipinski definition) is 4. The number of ether oxygens (including phenoxy) is 1. The third kappa shape index (κ3) is 4.65. The lowest BCUT2D eigenvalue weighted by Gasteiger charge is -2.15. The Balaban J connectivity index is 1.61. The predicted molar refractivity (Wildman–Crippen MR) is 107 cm³/mol. The fourth-order valence-electron chi connectivity index (χ4n) is 2.80. The molecule has 0 aliphatic heterocycles. The van der Waals surface area contributed by atoms with E-state index < -0.39 is 12.0 Å². The SMILES string of the molecule is CCc1ccccc1OCCC(NC(=O)c1cc2ccccc2s1)C(=O)O. The van der Waals surface area contributed by atoms with E-state index >= 15 is 0 Å². The number of hydrogen-bond donors (Lipinski definition) is 2. The molecule has 3 aromatic rings. The second kappa shape index (κ2) is 8.68. The monoisotopic (exact) mass is 383 g/mol. The molecule has 0 fully saturated rings. The lowest BCUT2D eigenvalue weighted by Crippen LogP contribution is -2.41. The molecule has 5 nitrogen and oxygen atoms in total. The molecule has 0 saturated carbocycles. The van der Waals surface area contributed by atoms with Crippen LogP contribution in [0.25, 0.3) is 10.1 Å². The second-order valence-corrected chi connectivity index (χ2v) is 7.19. The largest absolute Gasteiger partial charge is 0.493 e. The molecule has 27 heavy (non-hydrogen) atoms. The first-order valence-corrected chi connectivity index (χ1v) is 9.63. The molecule has 6 heteroatoms. The molecule has 0 bridgehead atoms. The minimum atomic E-state index is -1.07. The van der Waals surface area contributed by atoms with Gasteiger partial charge < -0.3 is 15.2 Å². The van der Waals surface area contributed by atoms with E-state index in [-0.39, 0.29) is 18.9 Å². The van der Waals surface area contributed by atoms with Gasteiger partial charge in [-0.3, -0.25) is 4.79 Å². The Labute approximate surface area is 161 Å². The number of fused-ring (bicyclic) bond motifs is 1. The Morgan fingerprint density at radius 1 is 1.15 bits per heavy atom. The summed E-state index contributed by atoms with van der Waals surface area (Å²) in [4.78, 5) is 24.5. The molecule has 140 valence electrons. The molecule has 0 radical (unpaired) electrons. The van der Waals surface area contributed by atoms with Gasteiger partial charge in [0.25, 0.3) is 5.91 Å². The van der Waals surface area contributed by atoms with Crippen LogP contribution in [0.5, 0.6) is 5.75 Å². The molecule has 2 aromatic carbocycles. The van der Waals surface area contributed by atoms with Crippen molar-refractivity contribution in [2.45, 2.75) is 25.8 Å². The van der Waals surface area contributed by atoms with Crippen LogP contribution in [0.4, 0.5) is 0 Å². The van der Waals surface area contributed by atoms with E-state index in [1.54, 1.807) is 6.07 Å². The normalized spacial score (nSPS) is 11.9. The summed E-state index contributed by atoms with van der Waals surface area (Å²) in [6.07, 6.45) is 1.02. The van der Waals surface area contributed by atoms with Crippen LogP contribution < -0.4 is 10.1 Å². The standard InChI is InChI=1S/C21H21NO4S/c1-2-14-7-3-5-9-17(14)26-12-11-16(21(24)25)22-20(23)19-13-15-8-4-6-10-18(15)27-19/h3-10,13,16H,2,11-12H2,1H3,(H,22,23)(H,24,25). The summed E-state index contributed by atoms with van der Waals surface area (Å²) in [6, 6.07) is 16.1. The van der Waals surface area contributed by atoms with Crippen molar-refractivity contribution in [2.24, 2.45) is 0 Å². The number of rotatable bonds is 8. The zero-order chi connectivity index (χ0) is 19.2. The van der Waals surface area contributed by atoms with Crippen molar-refractivity contribution in [1.82, 2.24) is 5.32 Å². The van der Waals surface area contributed by atoms with Crippen LogP contribution in [0.3, 0.4) is 0 Å². The van der Waals surface area contributed by atoms with Gasteiger partial charge in [-0.2, -0.15) is 0 Å². The van der Waals surface area contributed by atoms with Gasteiger partial charge >= 0.3 is 5.97 Å². The Hall–Kier alpha value is -2.86. The number of para-hydroxylation sites is 1. The molecule has 1 aromatic heterocycles. The Kier molecular flexibility index (Phi) is 6.08. The van der Waals surface area contributed by atoms with Gasteiger partial charge in [-0.15, -0.1) is 11.3 Å². The molecule has 1 unspecified atom stereocenters. The van der Waals surface area contributed by atoms with E-state index in [9.17, 15) is 14.7 Å². The van der Waals surface area contributed by atoms with Gasteiger partial charge in [0.1, 0.15) is 11.8 Å².